The third-order valence-electron chi connectivity index (χ3n) is 2.92. The maximum atomic E-state index is 10.9. The Labute approximate surface area is 122 Å². The summed E-state index contributed by atoms with van der Waals surface area (Å²) in [4.78, 5) is 15.0. The number of hydrogen-bond acceptors (Lipinski definition) is 4. The Morgan fingerprint density at radius 1 is 1.38 bits per heavy atom. The molecule has 0 saturated carbocycles. The van der Waals surface area contributed by atoms with Crippen LogP contribution in [-0.4, -0.2) is 28.7 Å². The lowest BCUT2D eigenvalue weighted by Crippen LogP contribution is -2.36. The zero-order valence-electron chi connectivity index (χ0n) is 12.0. The molecule has 1 amide bonds. The molecule has 0 aliphatic heterocycles. The third kappa shape index (κ3) is 3.85. The summed E-state index contributed by atoms with van der Waals surface area (Å²) >= 11 is 0. The van der Waals surface area contributed by atoms with Gasteiger partial charge in [0.05, 0.1) is 18.8 Å². The minimum absolute atomic E-state index is 0.143. The number of nitrogens with one attached hydrogen (secondary N) is 2. The number of aromatic nitrogens is 2. The molecule has 0 radical (unpaired) electrons. The van der Waals surface area contributed by atoms with Gasteiger partial charge in [0.2, 0.25) is 0 Å². The molecule has 8 heteroatoms. The minimum atomic E-state index is -0.583. The van der Waals surface area contributed by atoms with Gasteiger partial charge >= 0.3 is 0 Å². The molecular weight excluding hydrogens is 272 g/mol. The van der Waals surface area contributed by atoms with Gasteiger partial charge < -0.3 is 20.8 Å². The van der Waals surface area contributed by atoms with E-state index >= 15 is 0 Å². The van der Waals surface area contributed by atoms with Crippen molar-refractivity contribution < 1.29 is 9.21 Å². The van der Waals surface area contributed by atoms with Gasteiger partial charge in [0.25, 0.3) is 5.91 Å². The highest BCUT2D eigenvalue weighted by Gasteiger charge is 2.07. The summed E-state index contributed by atoms with van der Waals surface area (Å²) < 4.78 is 7.06. The molecule has 0 aliphatic rings. The zero-order valence-corrected chi connectivity index (χ0v) is 12.0. The zero-order chi connectivity index (χ0) is 15.2. The topological polar surface area (TPSA) is 110 Å². The Balaban J connectivity index is 1.85. The van der Waals surface area contributed by atoms with E-state index in [9.17, 15) is 4.79 Å². The molecule has 4 N–H and O–H groups in total. The molecule has 0 aromatic carbocycles. The number of hydrogen-bond donors (Lipinski definition) is 3. The quantitative estimate of drug-likeness (QED) is 0.529. The molecule has 0 atom stereocenters. The van der Waals surface area contributed by atoms with Crippen LogP contribution in [-0.2, 0) is 20.1 Å². The number of nitrogens with zero attached hydrogens (tertiary/aromatic N) is 3. The van der Waals surface area contributed by atoms with Crippen LogP contribution in [0.25, 0.3) is 0 Å². The Hall–Kier alpha value is -2.77. The summed E-state index contributed by atoms with van der Waals surface area (Å²) in [6.45, 7) is 0.999. The van der Waals surface area contributed by atoms with E-state index in [1.54, 1.807) is 30.1 Å². The van der Waals surface area contributed by atoms with E-state index in [1.807, 2.05) is 13.1 Å². The number of aliphatic imine (C=N–C) groups is 1. The molecule has 0 fully saturated rings. The number of carbonyl (C=O) groups is 1. The van der Waals surface area contributed by atoms with Gasteiger partial charge in [0, 0.05) is 20.3 Å². The predicted molar refractivity (Wildman–Crippen MR) is 77.5 cm³/mol. The molecule has 0 spiro atoms. The molecule has 0 saturated heterocycles. The molecule has 21 heavy (non-hydrogen) atoms. The Bertz CT molecular complexity index is 643. The summed E-state index contributed by atoms with van der Waals surface area (Å²) in [5, 5.41) is 10.3. The number of rotatable bonds is 5. The number of nitrogens with two attached hydrogens (primary N) is 1. The average Bonchev–Trinajstić information content (AvgIpc) is 3.08. The molecule has 2 aromatic heterocycles. The normalized spacial score (nSPS) is 11.4. The second-order valence-electron chi connectivity index (χ2n) is 4.36. The molecule has 0 unspecified atom stereocenters. The first-order valence-corrected chi connectivity index (χ1v) is 6.40. The van der Waals surface area contributed by atoms with Gasteiger partial charge in [0.15, 0.2) is 11.7 Å². The molecule has 0 bridgehead atoms. The van der Waals surface area contributed by atoms with Gasteiger partial charge in [-0.25, -0.2) is 0 Å². The maximum absolute atomic E-state index is 10.9. The van der Waals surface area contributed by atoms with Crippen molar-refractivity contribution in [2.24, 2.45) is 17.8 Å². The summed E-state index contributed by atoms with van der Waals surface area (Å²) in [7, 11) is 3.55. The minimum Gasteiger partial charge on any atom is -0.454 e. The Kier molecular flexibility index (Phi) is 4.60. The van der Waals surface area contributed by atoms with Gasteiger partial charge in [-0.2, -0.15) is 5.10 Å². The molecule has 0 aliphatic carbocycles. The fraction of sp³-hybridized carbons (Fsp3) is 0.308. The lowest BCUT2D eigenvalue weighted by Gasteiger charge is -2.10. The van der Waals surface area contributed by atoms with Crippen LogP contribution in [0, 0.1) is 0 Å². The second kappa shape index (κ2) is 6.60. The largest absolute Gasteiger partial charge is 0.454 e. The average molecular weight is 290 g/mol. The van der Waals surface area contributed by atoms with Gasteiger partial charge in [0.1, 0.15) is 5.76 Å². The number of aryl methyl sites for hydroxylation is 1. The number of carbonyl (C=O) groups excluding carboxylic acids is 1. The highest BCUT2D eigenvalue weighted by Crippen LogP contribution is 2.06. The third-order valence-corrected chi connectivity index (χ3v) is 2.92. The summed E-state index contributed by atoms with van der Waals surface area (Å²) in [6, 6.07) is 5.17. The first-order chi connectivity index (χ1) is 10.1. The van der Waals surface area contributed by atoms with Gasteiger partial charge in [-0.05, 0) is 18.2 Å². The van der Waals surface area contributed by atoms with E-state index in [2.05, 4.69) is 20.7 Å². The van der Waals surface area contributed by atoms with Crippen LogP contribution in [0.3, 0.4) is 0 Å². The van der Waals surface area contributed by atoms with Crippen molar-refractivity contribution >= 4 is 11.9 Å². The van der Waals surface area contributed by atoms with Gasteiger partial charge in [-0.1, -0.05) is 0 Å². The van der Waals surface area contributed by atoms with Crippen molar-refractivity contribution in [3.8, 4) is 0 Å². The lowest BCUT2D eigenvalue weighted by molar-refractivity contribution is 0.0972. The summed E-state index contributed by atoms with van der Waals surface area (Å²) in [5.41, 5.74) is 6.16. The summed E-state index contributed by atoms with van der Waals surface area (Å²) in [5.74, 6) is 0.783. The van der Waals surface area contributed by atoms with Gasteiger partial charge in [-0.15, -0.1) is 0 Å². The first-order valence-electron chi connectivity index (χ1n) is 6.40. The second-order valence-corrected chi connectivity index (χ2v) is 4.36. The van der Waals surface area contributed by atoms with Gasteiger partial charge in [-0.3, -0.25) is 14.5 Å². The van der Waals surface area contributed by atoms with Crippen LogP contribution >= 0.6 is 0 Å². The molecule has 2 rings (SSSR count). The molecular formula is C13H18N6O2. The van der Waals surface area contributed by atoms with E-state index in [0.717, 1.165) is 5.69 Å². The standard InChI is InChI=1S/C13H18N6O2/c1-15-13(16-7-9-5-6-18-19(9)2)17-8-10-3-4-11(21-10)12(14)20/h3-6H,7-8H2,1-2H3,(H2,14,20)(H2,15,16,17). The SMILES string of the molecule is CN=C(NCc1ccc(C(N)=O)o1)NCc1ccnn1C. The van der Waals surface area contributed by atoms with E-state index in [-0.39, 0.29) is 5.76 Å². The van der Waals surface area contributed by atoms with Crippen LogP contribution in [0.4, 0.5) is 0 Å². The number of primary amides is 1. The Morgan fingerprint density at radius 2 is 2.14 bits per heavy atom. The Morgan fingerprint density at radius 3 is 2.71 bits per heavy atom. The molecule has 2 aromatic rings. The van der Waals surface area contributed by atoms with Crippen molar-refractivity contribution in [2.75, 3.05) is 7.05 Å². The summed E-state index contributed by atoms with van der Waals surface area (Å²) in [6.07, 6.45) is 1.74. The van der Waals surface area contributed by atoms with Crippen LogP contribution in [0.15, 0.2) is 33.8 Å². The van der Waals surface area contributed by atoms with Crippen molar-refractivity contribution in [2.45, 2.75) is 13.1 Å². The van der Waals surface area contributed by atoms with Crippen LogP contribution < -0.4 is 16.4 Å². The highest BCUT2D eigenvalue weighted by molar-refractivity contribution is 5.89. The van der Waals surface area contributed by atoms with Crippen LogP contribution in [0.5, 0.6) is 0 Å². The molecule has 112 valence electrons. The van der Waals surface area contributed by atoms with Crippen molar-refractivity contribution in [1.82, 2.24) is 20.4 Å². The molecule has 8 nitrogen and oxygen atoms in total. The first kappa shape index (κ1) is 14.6. The van der Waals surface area contributed by atoms with Crippen LogP contribution in [0.1, 0.15) is 22.0 Å². The lowest BCUT2D eigenvalue weighted by atomic mass is 10.4. The highest BCUT2D eigenvalue weighted by atomic mass is 16.3. The van der Waals surface area contributed by atoms with Crippen molar-refractivity contribution in [1.29, 1.82) is 0 Å². The number of furan rings is 1. The van der Waals surface area contributed by atoms with Crippen molar-refractivity contribution in [3.05, 3.63) is 41.6 Å². The van der Waals surface area contributed by atoms with Crippen LogP contribution in [0.2, 0.25) is 0 Å². The maximum Gasteiger partial charge on any atom is 0.284 e. The van der Waals surface area contributed by atoms with E-state index in [0.29, 0.717) is 24.8 Å². The fourth-order valence-corrected chi connectivity index (χ4v) is 1.75. The monoisotopic (exact) mass is 290 g/mol. The predicted octanol–water partition coefficient (Wildman–Crippen LogP) is -0.0228. The van der Waals surface area contributed by atoms with E-state index in [4.69, 9.17) is 10.2 Å². The van der Waals surface area contributed by atoms with E-state index in [1.165, 1.54) is 0 Å². The number of guanidine groups is 1. The fourth-order valence-electron chi connectivity index (χ4n) is 1.75. The smallest absolute Gasteiger partial charge is 0.284 e. The van der Waals surface area contributed by atoms with E-state index < -0.39 is 5.91 Å². The van der Waals surface area contributed by atoms with Crippen molar-refractivity contribution in [3.63, 3.8) is 0 Å². The molecule has 2 heterocycles. The number of amides is 1.